The van der Waals surface area contributed by atoms with Crippen molar-refractivity contribution in [2.24, 2.45) is 5.92 Å². The van der Waals surface area contributed by atoms with Crippen LogP contribution in [-0.4, -0.2) is 124 Å². The number of amides is 2. The molecule has 2 atom stereocenters. The molecular formula is C90H104BrFN10O11S8. The van der Waals surface area contributed by atoms with Gasteiger partial charge in [0.25, 0.3) is 0 Å². The summed E-state index contributed by atoms with van der Waals surface area (Å²) in [5.74, 6) is 4.19. The van der Waals surface area contributed by atoms with Crippen molar-refractivity contribution in [1.82, 2.24) is 41.2 Å². The minimum absolute atomic E-state index is 0.0621. The van der Waals surface area contributed by atoms with E-state index in [1.54, 1.807) is 118 Å². The fraction of sp³-hybridized carbons (Fsp3) is 0.467. The van der Waals surface area contributed by atoms with E-state index in [4.69, 9.17) is 53.1 Å². The predicted octanol–water partition coefficient (Wildman–Crippen LogP) is 21.5. The number of fused-ring (bicyclic) bond motifs is 10. The van der Waals surface area contributed by atoms with Crippen LogP contribution in [0.2, 0.25) is 0 Å². The molecular weight excluding hydrogens is 1750 g/mol. The smallest absolute Gasteiger partial charge is 0.231 e. The van der Waals surface area contributed by atoms with Crippen LogP contribution in [-0.2, 0) is 91.5 Å². The second-order valence-electron chi connectivity index (χ2n) is 31.1. The summed E-state index contributed by atoms with van der Waals surface area (Å²) in [6.45, 7) is 15.8. The third-order valence-corrected chi connectivity index (χ3v) is 32.2. The SMILES string of the molecule is CCC(C)CCCC(=O)Nc1sc2c(c1-c1nc3cc4c(cc3s1)OCO4)CCNC2.COCCCCCC(=O)Cc1sc2c(c1-c1nc3c(Br)cccc3s1)CCNC2.COCCCCCC(=O)Cc1sc2c(c1-c1nc3cc(F)ccc3s1)CCN[C@@H]2C.COCCCCCC(=O)Nc1sc2c(c1-c1nc3cc4c(cc3s1)OCO4)CCNC2. The number of Topliss-reactive ketones (excluding diaryl/α,β-unsaturated/α-hetero) is 2. The Morgan fingerprint density at radius 3 is 1.50 bits per heavy atom. The quantitative estimate of drug-likeness (QED) is 0.0209. The largest absolute Gasteiger partial charge is 0.454 e. The average molecular weight is 1860 g/mol. The Morgan fingerprint density at radius 2 is 0.959 bits per heavy atom. The van der Waals surface area contributed by atoms with Gasteiger partial charge in [0.15, 0.2) is 23.0 Å². The normalized spacial score (nSPS) is 15.1. The zero-order valence-electron chi connectivity index (χ0n) is 69.3. The van der Waals surface area contributed by atoms with E-state index in [1.165, 1.54) is 69.0 Å². The summed E-state index contributed by atoms with van der Waals surface area (Å²) in [7, 11) is 5.13. The van der Waals surface area contributed by atoms with Crippen molar-refractivity contribution >= 4 is 181 Å². The lowest BCUT2D eigenvalue weighted by molar-refractivity contribution is -0.119. The van der Waals surface area contributed by atoms with Crippen molar-refractivity contribution in [3.8, 4) is 65.3 Å². The molecule has 2 amide bonds. The van der Waals surface area contributed by atoms with Gasteiger partial charge in [0.1, 0.15) is 47.4 Å². The molecule has 6 N–H and O–H groups in total. The number of aromatic nitrogens is 4. The van der Waals surface area contributed by atoms with Gasteiger partial charge in [-0.05, 0) is 172 Å². The molecule has 0 radical (unpaired) electrons. The van der Waals surface area contributed by atoms with Crippen LogP contribution in [0.25, 0.3) is 83.2 Å². The van der Waals surface area contributed by atoms with Crippen molar-refractivity contribution in [2.75, 3.05) is 91.5 Å². The fourth-order valence-electron chi connectivity index (χ4n) is 15.9. The molecule has 0 aliphatic carbocycles. The predicted molar refractivity (Wildman–Crippen MR) is 497 cm³/mol. The highest BCUT2D eigenvalue weighted by Crippen LogP contribution is 2.51. The highest BCUT2D eigenvalue weighted by molar-refractivity contribution is 9.10. The van der Waals surface area contributed by atoms with Crippen LogP contribution in [0, 0.1) is 11.7 Å². The van der Waals surface area contributed by atoms with E-state index >= 15 is 0 Å². The number of nitrogens with one attached hydrogen (secondary N) is 6. The molecule has 0 bridgehead atoms. The Bertz CT molecular complexity index is 5560. The number of rotatable bonds is 33. The summed E-state index contributed by atoms with van der Waals surface area (Å²) in [6, 6.07) is 19.1. The Balaban J connectivity index is 0.000000126. The first-order chi connectivity index (χ1) is 59.1. The lowest BCUT2D eigenvalue weighted by Gasteiger charge is -2.20. The summed E-state index contributed by atoms with van der Waals surface area (Å²) in [6.07, 6.45) is 19.1. The zero-order valence-corrected chi connectivity index (χ0v) is 77.4. The van der Waals surface area contributed by atoms with Crippen LogP contribution in [0.15, 0.2) is 65.1 Å². The second kappa shape index (κ2) is 42.7. The number of carbonyl (C=O) groups is 4. The maximum Gasteiger partial charge on any atom is 0.231 e. The monoisotopic (exact) mass is 1850 g/mol. The zero-order chi connectivity index (χ0) is 83.9. The van der Waals surface area contributed by atoms with E-state index in [9.17, 15) is 23.6 Å². The Hall–Kier alpha value is -7.15. The summed E-state index contributed by atoms with van der Waals surface area (Å²) in [5, 5.41) is 26.0. The maximum absolute atomic E-state index is 13.7. The summed E-state index contributed by atoms with van der Waals surface area (Å²) < 4.78 is 56.3. The molecule has 1 unspecified atom stereocenters. The van der Waals surface area contributed by atoms with Crippen LogP contribution >= 0.6 is 107 Å². The summed E-state index contributed by atoms with van der Waals surface area (Å²) in [4.78, 5) is 77.9. The number of ether oxygens (including phenoxy) is 7. The minimum Gasteiger partial charge on any atom is -0.454 e. The van der Waals surface area contributed by atoms with Gasteiger partial charge in [0, 0.05) is 192 Å². The number of halogens is 2. The standard InChI is InChI=1S/C23H27FN2O2S2.C23H27N3O3S2.C22H25BrN2O2S2.C22H25N3O4S2/c1-14-22-17(9-10-25-14)21(23-26-18-12-15(24)7-8-19(18)30-23)20(29-22)13-16(27)6-4-3-5-11-28-2;1-3-13(2)5-4-6-20(27)26-23-21(14-7-8-24-11-19(14)31-23)22-25-15-9-16-17(29-12-28-16)10-18(15)30-22;1-27-11-4-2-3-6-14(26)12-18-20(15-9-10-24-13-19(15)28-18)22-25-21-16(23)7-5-8-17(21)29-22;1-27-8-4-2-3-5-19(26)25-22-20(13-6-7-23-11-18(13)31-22)21-24-14-9-15-16(29-12-28-15)10-17(14)30-21/h7-8,12,14,25H,3-6,9-11,13H2,1-2H3;9-10,13,24H,3-8,11-12H2,1-2H3,(H,26,27);5,7-8,24H,2-4,6,9-13H2,1H3;9-10,23H,2-8,11-12H2,1H3,(H,25,26)/t14-;;;/m1.../s1. The molecule has 21 nitrogen and oxygen atoms in total. The minimum atomic E-state index is -0.270. The molecule has 8 aromatic heterocycles. The van der Waals surface area contributed by atoms with Crippen LogP contribution in [0.1, 0.15) is 181 Å². The first-order valence-corrected chi connectivity index (χ1v) is 49.5. The van der Waals surface area contributed by atoms with E-state index in [2.05, 4.69) is 80.7 Å². The number of ketones is 2. The maximum atomic E-state index is 13.7. The van der Waals surface area contributed by atoms with Crippen molar-refractivity contribution in [1.29, 1.82) is 0 Å². The van der Waals surface area contributed by atoms with E-state index in [0.717, 1.165) is 278 Å². The van der Waals surface area contributed by atoms with E-state index in [-0.39, 0.29) is 43.0 Å². The number of thiophene rings is 4. The number of thiazole rings is 4. The van der Waals surface area contributed by atoms with Gasteiger partial charge in [-0.1, -0.05) is 52.0 Å². The van der Waals surface area contributed by atoms with Gasteiger partial charge in [-0.15, -0.1) is 90.7 Å². The number of benzene rings is 4. The van der Waals surface area contributed by atoms with Crippen molar-refractivity contribution in [2.45, 2.75) is 188 Å². The summed E-state index contributed by atoms with van der Waals surface area (Å²) in [5.41, 5.74) is 13.4. The number of methoxy groups -OCH3 is 3. The van der Waals surface area contributed by atoms with Gasteiger partial charge >= 0.3 is 0 Å². The van der Waals surface area contributed by atoms with Crippen LogP contribution < -0.4 is 50.8 Å². The van der Waals surface area contributed by atoms with Gasteiger partial charge in [-0.2, -0.15) is 0 Å². The molecule has 0 fully saturated rings. The highest BCUT2D eigenvalue weighted by Gasteiger charge is 2.33. The lowest BCUT2D eigenvalue weighted by atomic mass is 9.97. The molecule has 0 saturated heterocycles. The molecule has 0 saturated carbocycles. The molecule has 121 heavy (non-hydrogen) atoms. The van der Waals surface area contributed by atoms with E-state index in [0.29, 0.717) is 55.7 Å². The fourth-order valence-corrected chi connectivity index (χ4v) is 26.2. The average Bonchev–Trinajstić information content (AvgIpc) is 1.62. The number of hydrogen-bond donors (Lipinski definition) is 6. The Labute approximate surface area is 745 Å². The second-order valence-corrected chi connectivity index (χ2v) is 40.6. The number of carbonyl (C=O) groups excluding carboxylic acids is 4. The summed E-state index contributed by atoms with van der Waals surface area (Å²) >= 11 is 17.1. The number of para-hydroxylation sites is 1. The molecule has 0 spiro atoms. The van der Waals surface area contributed by atoms with Crippen LogP contribution in [0.3, 0.4) is 0 Å². The van der Waals surface area contributed by atoms with Crippen molar-refractivity contribution in [3.05, 3.63) is 122 Å². The third-order valence-electron chi connectivity index (χ3n) is 22.4. The number of hydrogen-bond acceptors (Lipinski definition) is 27. The number of anilines is 2. The van der Waals surface area contributed by atoms with Gasteiger partial charge in [0.2, 0.25) is 25.4 Å². The molecule has 14 heterocycles. The van der Waals surface area contributed by atoms with Crippen LogP contribution in [0.5, 0.6) is 23.0 Å². The van der Waals surface area contributed by atoms with Crippen LogP contribution in [0.4, 0.5) is 14.4 Å². The molecule has 6 aliphatic rings. The van der Waals surface area contributed by atoms with E-state index < -0.39 is 0 Å². The number of unbranched alkanes of at least 4 members (excludes halogenated alkanes) is 6. The third kappa shape index (κ3) is 21.9. The molecule has 18 rings (SSSR count). The number of nitrogens with zero attached hydrogens (tertiary/aromatic N) is 4. The van der Waals surface area contributed by atoms with E-state index in [1.807, 2.05) is 30.3 Å². The van der Waals surface area contributed by atoms with Gasteiger partial charge < -0.3 is 65.1 Å². The Morgan fingerprint density at radius 1 is 0.504 bits per heavy atom. The lowest BCUT2D eigenvalue weighted by Crippen LogP contribution is -2.26. The van der Waals surface area contributed by atoms with Gasteiger partial charge in [0.05, 0.1) is 40.9 Å². The molecule has 12 aromatic rings. The Kier molecular flexibility index (Phi) is 31.3. The van der Waals surface area contributed by atoms with Gasteiger partial charge in [-0.3, -0.25) is 19.2 Å². The first-order valence-electron chi connectivity index (χ1n) is 42.1. The molecule has 31 heteroatoms. The van der Waals surface area contributed by atoms with Gasteiger partial charge in [-0.25, -0.2) is 24.3 Å². The van der Waals surface area contributed by atoms with Crippen molar-refractivity contribution in [3.63, 3.8) is 0 Å². The first kappa shape index (κ1) is 88.7. The highest BCUT2D eigenvalue weighted by atomic mass is 79.9. The van der Waals surface area contributed by atoms with Crippen molar-refractivity contribution < 1.29 is 56.7 Å². The molecule has 642 valence electrons. The molecule has 6 aliphatic heterocycles. The topological polar surface area (TPSA) is 257 Å². The molecule has 4 aromatic carbocycles.